The lowest BCUT2D eigenvalue weighted by molar-refractivity contribution is 0.0587. The molecule has 0 unspecified atom stereocenters. The molecule has 7 heteroatoms. The second-order valence-electron chi connectivity index (χ2n) is 14.1. The van der Waals surface area contributed by atoms with Crippen molar-refractivity contribution in [2.45, 2.75) is 77.7 Å². The fourth-order valence-corrected chi connectivity index (χ4v) is 8.39. The van der Waals surface area contributed by atoms with Crippen LogP contribution >= 0.6 is 0 Å². The molecule has 0 N–H and O–H groups in total. The minimum atomic E-state index is -0.332. The summed E-state index contributed by atoms with van der Waals surface area (Å²) in [7, 11) is 1.60. The minimum absolute atomic E-state index is 0.151. The number of fused-ring (bicyclic) bond motifs is 2. The first kappa shape index (κ1) is 32.9. The number of hydrogen-bond acceptors (Lipinski definition) is 5. The monoisotopic (exact) mass is 678 g/mol. The van der Waals surface area contributed by atoms with E-state index in [0.29, 0.717) is 45.3 Å². The lowest BCUT2D eigenvalue weighted by atomic mass is 9.82. The minimum Gasteiger partial charge on any atom is -0.497 e. The van der Waals surface area contributed by atoms with Crippen LogP contribution in [0.1, 0.15) is 118 Å². The molecule has 2 aliphatic rings. The zero-order valence-electron chi connectivity index (χ0n) is 29.3. The van der Waals surface area contributed by atoms with Crippen LogP contribution in [0.5, 0.6) is 5.75 Å². The molecule has 6 aromatic rings. The molecule has 0 atom stereocenters. The first-order valence-corrected chi connectivity index (χ1v) is 18.5. The van der Waals surface area contributed by atoms with Gasteiger partial charge in [0.15, 0.2) is 0 Å². The predicted octanol–water partition coefficient (Wildman–Crippen LogP) is 10.1. The highest BCUT2D eigenvalue weighted by Crippen LogP contribution is 2.46. The Morgan fingerprint density at radius 1 is 0.451 bits per heavy atom. The molecule has 6 aromatic carbocycles. The molecule has 0 bridgehead atoms. The van der Waals surface area contributed by atoms with Crippen LogP contribution < -0.4 is 4.74 Å². The number of unbranched alkanes of at least 4 members (excludes halogenated alkanes) is 9. The molecular formula is C44H42N2O5. The molecule has 0 saturated heterocycles. The van der Waals surface area contributed by atoms with Crippen molar-refractivity contribution in [1.29, 1.82) is 0 Å². The molecule has 258 valence electrons. The maximum absolute atomic E-state index is 13.9. The van der Waals surface area contributed by atoms with Gasteiger partial charge in [-0.2, -0.15) is 0 Å². The molecular weight excluding hydrogens is 636 g/mol. The molecule has 0 saturated carbocycles. The van der Waals surface area contributed by atoms with Gasteiger partial charge in [-0.25, -0.2) is 0 Å². The van der Waals surface area contributed by atoms with Gasteiger partial charge in [-0.1, -0.05) is 101 Å². The number of benzene rings is 6. The van der Waals surface area contributed by atoms with E-state index in [2.05, 4.69) is 6.92 Å². The molecule has 4 amide bonds. The Bertz CT molecular complexity index is 2240. The highest BCUT2D eigenvalue weighted by Gasteiger charge is 2.36. The van der Waals surface area contributed by atoms with Crippen molar-refractivity contribution < 1.29 is 23.9 Å². The molecule has 0 fully saturated rings. The maximum Gasteiger partial charge on any atom is 0.261 e. The third-order valence-electron chi connectivity index (χ3n) is 11.0. The van der Waals surface area contributed by atoms with Crippen LogP contribution in [-0.2, 0) is 6.54 Å². The van der Waals surface area contributed by atoms with Crippen LogP contribution in [-0.4, -0.2) is 47.1 Å². The average Bonchev–Trinajstić information content (AvgIpc) is 3.16. The van der Waals surface area contributed by atoms with Crippen molar-refractivity contribution in [3.05, 3.63) is 101 Å². The number of carbonyl (C=O) groups excluding carboxylic acids is 4. The van der Waals surface area contributed by atoms with Crippen molar-refractivity contribution in [1.82, 2.24) is 9.80 Å². The molecule has 0 aromatic heterocycles. The van der Waals surface area contributed by atoms with E-state index in [9.17, 15) is 19.2 Å². The fourth-order valence-electron chi connectivity index (χ4n) is 8.39. The summed E-state index contributed by atoms with van der Waals surface area (Å²) in [4.78, 5) is 58.4. The molecule has 7 nitrogen and oxygen atoms in total. The standard InChI is InChI=1S/C44H42N2O5/c1-3-4-5-6-7-8-9-10-11-12-25-45-41(47)33-21-17-29-31-19-23-35-40-36(44(50)46(43(35)49)26-27-13-15-28(51-2)16-14-27)24-20-32(38(31)40)30-18-22-34(42(45)48)39(33)37(29)30/h13-24H,3-12,25-26H2,1-2H3. The summed E-state index contributed by atoms with van der Waals surface area (Å²) < 4.78 is 5.26. The summed E-state index contributed by atoms with van der Waals surface area (Å²) in [6.07, 6.45) is 11.9. The SMILES string of the molecule is CCCCCCCCCCCCN1C(=O)c2ccc3c4ccc5c6c(ccc(c7ccc(c2c37)C1=O)c64)C(=O)N(Cc1ccc(OC)cc1)C5=O. The van der Waals surface area contributed by atoms with Gasteiger partial charge in [0, 0.05) is 39.6 Å². The summed E-state index contributed by atoms with van der Waals surface area (Å²) in [6, 6.07) is 22.5. The number of carbonyl (C=O) groups is 4. The van der Waals surface area contributed by atoms with Gasteiger partial charge in [0.1, 0.15) is 5.75 Å². The van der Waals surface area contributed by atoms with Crippen molar-refractivity contribution in [3.8, 4) is 5.75 Å². The molecule has 0 spiro atoms. The highest BCUT2D eigenvalue weighted by molar-refractivity contribution is 6.41. The molecule has 0 radical (unpaired) electrons. The van der Waals surface area contributed by atoms with E-state index in [1.54, 1.807) is 7.11 Å². The number of nitrogens with zero attached hydrogens (tertiary/aromatic N) is 2. The van der Waals surface area contributed by atoms with E-state index in [-0.39, 0.29) is 30.2 Å². The Balaban J connectivity index is 1.10. The third-order valence-corrected chi connectivity index (χ3v) is 11.0. The number of amides is 4. The Labute approximate surface area is 297 Å². The van der Waals surface area contributed by atoms with E-state index in [1.165, 1.54) is 54.7 Å². The van der Waals surface area contributed by atoms with Crippen LogP contribution in [0.3, 0.4) is 0 Å². The van der Waals surface area contributed by atoms with Gasteiger partial charge >= 0.3 is 0 Å². The van der Waals surface area contributed by atoms with Crippen molar-refractivity contribution in [2.24, 2.45) is 0 Å². The zero-order valence-corrected chi connectivity index (χ0v) is 29.3. The van der Waals surface area contributed by atoms with Gasteiger partial charge in [-0.05, 0) is 80.7 Å². The first-order valence-electron chi connectivity index (χ1n) is 18.5. The summed E-state index contributed by atoms with van der Waals surface area (Å²) >= 11 is 0. The van der Waals surface area contributed by atoms with Gasteiger partial charge in [-0.3, -0.25) is 29.0 Å². The Kier molecular flexibility index (Phi) is 8.66. The summed E-state index contributed by atoms with van der Waals surface area (Å²) in [5.74, 6) is -0.438. The molecule has 2 heterocycles. The van der Waals surface area contributed by atoms with Gasteiger partial charge in [0.2, 0.25) is 0 Å². The van der Waals surface area contributed by atoms with E-state index >= 15 is 0 Å². The quantitative estimate of drug-likeness (QED) is 0.0496. The Hall–Kier alpha value is -5.30. The molecule has 8 rings (SSSR count). The fraction of sp³-hybridized carbons (Fsp3) is 0.318. The van der Waals surface area contributed by atoms with E-state index in [0.717, 1.165) is 57.1 Å². The first-order chi connectivity index (χ1) is 24.9. The number of hydrogen-bond donors (Lipinski definition) is 0. The van der Waals surface area contributed by atoms with Crippen LogP contribution in [0.25, 0.3) is 43.1 Å². The second kappa shape index (κ2) is 13.4. The topological polar surface area (TPSA) is 84.0 Å². The second-order valence-corrected chi connectivity index (χ2v) is 14.1. The van der Waals surface area contributed by atoms with Crippen LogP contribution in [0.4, 0.5) is 0 Å². The highest BCUT2D eigenvalue weighted by atomic mass is 16.5. The van der Waals surface area contributed by atoms with Gasteiger partial charge < -0.3 is 4.74 Å². The van der Waals surface area contributed by atoms with E-state index < -0.39 is 0 Å². The molecule has 2 aliphatic heterocycles. The van der Waals surface area contributed by atoms with Crippen LogP contribution in [0, 0.1) is 0 Å². The lowest BCUT2D eigenvalue weighted by Gasteiger charge is -2.30. The predicted molar refractivity (Wildman–Crippen MR) is 202 cm³/mol. The summed E-state index contributed by atoms with van der Waals surface area (Å²) in [5, 5.41) is 6.63. The van der Waals surface area contributed by atoms with Crippen LogP contribution in [0.2, 0.25) is 0 Å². The Morgan fingerprint density at radius 2 is 0.843 bits per heavy atom. The van der Waals surface area contributed by atoms with Gasteiger partial charge in [0.05, 0.1) is 13.7 Å². The smallest absolute Gasteiger partial charge is 0.261 e. The van der Waals surface area contributed by atoms with Crippen LogP contribution in [0.15, 0.2) is 72.8 Å². The van der Waals surface area contributed by atoms with Crippen molar-refractivity contribution >= 4 is 66.7 Å². The number of ether oxygens (including phenoxy) is 1. The molecule has 51 heavy (non-hydrogen) atoms. The maximum atomic E-state index is 13.9. The van der Waals surface area contributed by atoms with Gasteiger partial charge in [-0.15, -0.1) is 0 Å². The third kappa shape index (κ3) is 5.41. The number of imide groups is 2. The summed E-state index contributed by atoms with van der Waals surface area (Å²) in [6.45, 7) is 2.81. The zero-order chi connectivity index (χ0) is 35.2. The largest absolute Gasteiger partial charge is 0.497 e. The Morgan fingerprint density at radius 3 is 1.25 bits per heavy atom. The average molecular weight is 679 g/mol. The van der Waals surface area contributed by atoms with E-state index in [1.807, 2.05) is 72.8 Å². The lowest BCUT2D eigenvalue weighted by Crippen LogP contribution is -2.40. The van der Waals surface area contributed by atoms with Gasteiger partial charge in [0.25, 0.3) is 23.6 Å². The number of methoxy groups -OCH3 is 1. The summed E-state index contributed by atoms with van der Waals surface area (Å²) in [5.41, 5.74) is 2.89. The van der Waals surface area contributed by atoms with Crippen molar-refractivity contribution in [2.75, 3.05) is 13.7 Å². The van der Waals surface area contributed by atoms with E-state index in [4.69, 9.17) is 4.74 Å². The normalized spacial score (nSPS) is 14.3. The van der Waals surface area contributed by atoms with Crippen molar-refractivity contribution in [3.63, 3.8) is 0 Å². The number of rotatable bonds is 14. The molecule has 0 aliphatic carbocycles.